The van der Waals surface area contributed by atoms with Crippen LogP contribution in [0.25, 0.3) is 11.3 Å². The monoisotopic (exact) mass is 477 g/mol. The van der Waals surface area contributed by atoms with Gasteiger partial charge in [0.1, 0.15) is 0 Å². The Balaban J connectivity index is 1.23. The van der Waals surface area contributed by atoms with Crippen LogP contribution < -0.4 is 0 Å². The Morgan fingerprint density at radius 1 is 1.03 bits per heavy atom. The summed E-state index contributed by atoms with van der Waals surface area (Å²) in [6, 6.07) is 12.6. The maximum Gasteiger partial charge on any atom is 0.416 e. The van der Waals surface area contributed by atoms with Crippen LogP contribution in [-0.4, -0.2) is 46.9 Å². The molecule has 0 unspecified atom stereocenters. The number of nitrogens with zero attached hydrogens (tertiary/aromatic N) is 3. The summed E-state index contributed by atoms with van der Waals surface area (Å²) in [6.45, 7) is 3.05. The lowest BCUT2D eigenvalue weighted by Gasteiger charge is -2.34. The van der Waals surface area contributed by atoms with Crippen molar-refractivity contribution in [2.24, 2.45) is 0 Å². The van der Waals surface area contributed by atoms with Gasteiger partial charge in [-0.3, -0.25) is 9.69 Å². The molecule has 1 aliphatic heterocycles. The molecule has 174 valence electrons. The van der Waals surface area contributed by atoms with Gasteiger partial charge >= 0.3 is 6.18 Å². The maximum absolute atomic E-state index is 12.7. The van der Waals surface area contributed by atoms with E-state index in [1.165, 1.54) is 12.1 Å². The van der Waals surface area contributed by atoms with Gasteiger partial charge in [0.05, 0.1) is 16.8 Å². The van der Waals surface area contributed by atoms with Crippen LogP contribution in [0.3, 0.4) is 0 Å². The molecule has 1 saturated heterocycles. The standard InChI is InChI=1S/C24H23ClF3N3O2/c25-20-4-2-1-3-19(20)21-15-29-22(33-21)9-10-23(32)31-13-11-30(12-14-31)16-17-5-7-18(8-6-17)24(26,27)28/h1-8,15H,9-14,16H2. The number of aromatic nitrogens is 1. The number of piperazine rings is 1. The number of aryl methyl sites for hydroxylation is 1. The Hall–Kier alpha value is -2.84. The van der Waals surface area contributed by atoms with Crippen molar-refractivity contribution in [1.82, 2.24) is 14.8 Å². The lowest BCUT2D eigenvalue weighted by molar-refractivity contribution is -0.137. The number of hydrogen-bond acceptors (Lipinski definition) is 4. The first-order chi connectivity index (χ1) is 15.8. The molecule has 1 aromatic heterocycles. The topological polar surface area (TPSA) is 49.6 Å². The van der Waals surface area contributed by atoms with Crippen LogP contribution in [0.4, 0.5) is 13.2 Å². The van der Waals surface area contributed by atoms with Crippen LogP contribution in [0.2, 0.25) is 5.02 Å². The summed E-state index contributed by atoms with van der Waals surface area (Å²) in [6.07, 6.45) is -2.02. The van der Waals surface area contributed by atoms with E-state index in [1.807, 2.05) is 18.2 Å². The maximum atomic E-state index is 12.7. The zero-order valence-corrected chi connectivity index (χ0v) is 18.6. The molecule has 0 atom stereocenters. The molecule has 2 aromatic carbocycles. The van der Waals surface area contributed by atoms with Crippen LogP contribution in [0, 0.1) is 0 Å². The Morgan fingerprint density at radius 2 is 1.73 bits per heavy atom. The molecule has 1 fully saturated rings. The van der Waals surface area contributed by atoms with Crippen molar-refractivity contribution < 1.29 is 22.4 Å². The van der Waals surface area contributed by atoms with Gasteiger partial charge in [-0.25, -0.2) is 4.98 Å². The molecule has 5 nitrogen and oxygen atoms in total. The Kier molecular flexibility index (Phi) is 7.05. The summed E-state index contributed by atoms with van der Waals surface area (Å²) in [5.41, 5.74) is 0.932. The number of oxazole rings is 1. The second kappa shape index (κ2) is 9.97. The van der Waals surface area contributed by atoms with E-state index >= 15 is 0 Å². The van der Waals surface area contributed by atoms with Crippen molar-refractivity contribution in [2.75, 3.05) is 26.2 Å². The van der Waals surface area contributed by atoms with E-state index in [0.717, 1.165) is 23.3 Å². The third-order valence-corrected chi connectivity index (χ3v) is 5.99. The van der Waals surface area contributed by atoms with Crippen molar-refractivity contribution in [3.05, 3.63) is 76.8 Å². The molecule has 33 heavy (non-hydrogen) atoms. The van der Waals surface area contributed by atoms with Crippen molar-refractivity contribution in [2.45, 2.75) is 25.6 Å². The number of carbonyl (C=O) groups is 1. The number of benzene rings is 2. The number of halogens is 4. The Bertz CT molecular complexity index is 1090. The second-order valence-electron chi connectivity index (χ2n) is 7.95. The van der Waals surface area contributed by atoms with E-state index < -0.39 is 11.7 Å². The average molecular weight is 478 g/mol. The van der Waals surface area contributed by atoms with Gasteiger partial charge in [0, 0.05) is 51.1 Å². The van der Waals surface area contributed by atoms with Gasteiger partial charge in [-0.05, 0) is 29.8 Å². The van der Waals surface area contributed by atoms with Crippen molar-refractivity contribution in [3.63, 3.8) is 0 Å². The van der Waals surface area contributed by atoms with Gasteiger partial charge in [0.15, 0.2) is 11.7 Å². The summed E-state index contributed by atoms with van der Waals surface area (Å²) >= 11 is 6.19. The zero-order valence-electron chi connectivity index (χ0n) is 17.8. The summed E-state index contributed by atoms with van der Waals surface area (Å²) in [7, 11) is 0. The molecule has 0 radical (unpaired) electrons. The summed E-state index contributed by atoms with van der Waals surface area (Å²) in [5, 5.41) is 0.574. The fraction of sp³-hybridized carbons (Fsp3) is 0.333. The molecule has 3 aromatic rings. The quantitative estimate of drug-likeness (QED) is 0.484. The molecule has 0 spiro atoms. The van der Waals surface area contributed by atoms with Crippen LogP contribution in [-0.2, 0) is 23.9 Å². The minimum absolute atomic E-state index is 0.0293. The molecule has 4 rings (SSSR count). The average Bonchev–Trinajstić information content (AvgIpc) is 3.27. The van der Waals surface area contributed by atoms with Gasteiger partial charge in [0.25, 0.3) is 0 Å². The van der Waals surface area contributed by atoms with Crippen molar-refractivity contribution >= 4 is 17.5 Å². The summed E-state index contributed by atoms with van der Waals surface area (Å²) in [5.74, 6) is 1.08. The van der Waals surface area contributed by atoms with Gasteiger partial charge in [0.2, 0.25) is 5.91 Å². The first-order valence-electron chi connectivity index (χ1n) is 10.7. The predicted molar refractivity (Wildman–Crippen MR) is 119 cm³/mol. The van der Waals surface area contributed by atoms with Crippen LogP contribution >= 0.6 is 11.6 Å². The highest BCUT2D eigenvalue weighted by molar-refractivity contribution is 6.33. The molecular formula is C24H23ClF3N3O2. The molecular weight excluding hydrogens is 455 g/mol. The van der Waals surface area contributed by atoms with Gasteiger partial charge in [-0.15, -0.1) is 0 Å². The van der Waals surface area contributed by atoms with Gasteiger partial charge in [-0.2, -0.15) is 13.2 Å². The SMILES string of the molecule is O=C(CCc1ncc(-c2ccccc2Cl)o1)N1CCN(Cc2ccc(C(F)(F)F)cc2)CC1. The zero-order chi connectivity index (χ0) is 23.4. The fourth-order valence-corrected chi connectivity index (χ4v) is 4.02. The van der Waals surface area contributed by atoms with E-state index in [1.54, 1.807) is 17.2 Å². The van der Waals surface area contributed by atoms with E-state index in [-0.39, 0.29) is 5.91 Å². The third kappa shape index (κ3) is 5.94. The minimum Gasteiger partial charge on any atom is -0.441 e. The summed E-state index contributed by atoms with van der Waals surface area (Å²) in [4.78, 5) is 20.8. The Labute approximate surface area is 194 Å². The summed E-state index contributed by atoms with van der Waals surface area (Å²) < 4.78 is 43.9. The molecule has 0 N–H and O–H groups in total. The number of hydrogen-bond donors (Lipinski definition) is 0. The van der Waals surface area contributed by atoms with E-state index in [0.29, 0.717) is 62.2 Å². The van der Waals surface area contributed by atoms with Crippen LogP contribution in [0.1, 0.15) is 23.4 Å². The predicted octanol–water partition coefficient (Wildman–Crippen LogP) is 5.29. The van der Waals surface area contributed by atoms with Crippen molar-refractivity contribution in [3.8, 4) is 11.3 Å². The lowest BCUT2D eigenvalue weighted by Crippen LogP contribution is -2.48. The molecule has 9 heteroatoms. The van der Waals surface area contributed by atoms with Crippen molar-refractivity contribution in [1.29, 1.82) is 0 Å². The second-order valence-corrected chi connectivity index (χ2v) is 8.36. The highest BCUT2D eigenvalue weighted by Gasteiger charge is 2.30. The number of carbonyl (C=O) groups excluding carboxylic acids is 1. The number of alkyl halides is 3. The number of amides is 1. The molecule has 2 heterocycles. The van der Waals surface area contributed by atoms with E-state index in [9.17, 15) is 18.0 Å². The lowest BCUT2D eigenvalue weighted by atomic mass is 10.1. The fourth-order valence-electron chi connectivity index (χ4n) is 3.80. The first-order valence-corrected chi connectivity index (χ1v) is 11.0. The van der Waals surface area contributed by atoms with Gasteiger partial charge < -0.3 is 9.32 Å². The van der Waals surface area contributed by atoms with E-state index in [4.69, 9.17) is 16.0 Å². The first kappa shape index (κ1) is 23.3. The molecule has 1 aliphatic rings. The number of rotatable bonds is 6. The molecule has 0 saturated carbocycles. The molecule has 1 amide bonds. The van der Waals surface area contributed by atoms with E-state index in [2.05, 4.69) is 9.88 Å². The molecule has 0 aliphatic carbocycles. The van der Waals surface area contributed by atoms with Crippen LogP contribution in [0.15, 0.2) is 59.1 Å². The normalized spacial score (nSPS) is 15.1. The Morgan fingerprint density at radius 3 is 2.39 bits per heavy atom. The largest absolute Gasteiger partial charge is 0.441 e. The van der Waals surface area contributed by atoms with Crippen LogP contribution in [0.5, 0.6) is 0 Å². The smallest absolute Gasteiger partial charge is 0.416 e. The minimum atomic E-state index is -4.33. The third-order valence-electron chi connectivity index (χ3n) is 5.66. The molecule has 0 bridgehead atoms. The highest BCUT2D eigenvalue weighted by atomic mass is 35.5. The highest BCUT2D eigenvalue weighted by Crippen LogP contribution is 2.30. The van der Waals surface area contributed by atoms with Gasteiger partial charge in [-0.1, -0.05) is 35.9 Å².